The molecule has 2 heterocycles. The Morgan fingerprint density at radius 1 is 1.22 bits per heavy atom. The Morgan fingerprint density at radius 3 is 2.78 bits per heavy atom. The number of sulfonamides is 1. The number of hydrogen-bond acceptors (Lipinski definition) is 3. The molecule has 1 fully saturated rings. The Labute approximate surface area is 136 Å². The molecule has 23 heavy (non-hydrogen) atoms. The maximum atomic E-state index is 12.2. The van der Waals surface area contributed by atoms with Gasteiger partial charge >= 0.3 is 0 Å². The number of nitrogens with one attached hydrogen (secondary N) is 2. The van der Waals surface area contributed by atoms with Gasteiger partial charge in [-0.2, -0.15) is 0 Å². The Kier molecular flexibility index (Phi) is 3.73. The van der Waals surface area contributed by atoms with Gasteiger partial charge in [-0.3, -0.25) is 0 Å². The van der Waals surface area contributed by atoms with E-state index in [4.69, 9.17) is 0 Å². The first-order valence-corrected chi connectivity index (χ1v) is 9.81. The highest BCUT2D eigenvalue weighted by Crippen LogP contribution is 2.32. The fourth-order valence-electron chi connectivity index (χ4n) is 3.44. The molecule has 4 rings (SSSR count). The second-order valence-corrected chi connectivity index (χ2v) is 8.51. The first kappa shape index (κ1) is 14.9. The lowest BCUT2D eigenvalue weighted by Gasteiger charge is -2.29. The average molecular weight is 331 g/mol. The number of aromatic nitrogens is 2. The second kappa shape index (κ2) is 5.76. The van der Waals surface area contributed by atoms with Crippen LogP contribution in [0.3, 0.4) is 0 Å². The number of pyridine rings is 1. The molecule has 2 aromatic heterocycles. The minimum atomic E-state index is -3.13. The molecule has 5 nitrogen and oxygen atoms in total. The molecular weight excluding hydrogens is 310 g/mol. The number of hydrogen-bond donors (Lipinski definition) is 2. The van der Waals surface area contributed by atoms with Gasteiger partial charge in [-0.15, -0.1) is 0 Å². The summed E-state index contributed by atoms with van der Waals surface area (Å²) in [6, 6.07) is 4.12. The van der Waals surface area contributed by atoms with Crippen LogP contribution in [-0.4, -0.2) is 29.7 Å². The zero-order valence-corrected chi connectivity index (χ0v) is 13.8. The first-order valence-electron chi connectivity index (χ1n) is 8.26. The minimum absolute atomic E-state index is 0.0351. The molecule has 0 amide bonds. The quantitative estimate of drug-likeness (QED) is 0.904. The van der Waals surface area contributed by atoms with Crippen molar-refractivity contribution in [3.63, 3.8) is 0 Å². The van der Waals surface area contributed by atoms with E-state index in [9.17, 15) is 8.42 Å². The van der Waals surface area contributed by atoms with Gasteiger partial charge in [0.2, 0.25) is 10.0 Å². The van der Waals surface area contributed by atoms with Crippen molar-refractivity contribution in [1.82, 2.24) is 14.7 Å². The van der Waals surface area contributed by atoms with E-state index < -0.39 is 10.0 Å². The molecule has 2 N–H and O–H groups in total. The number of aromatic amines is 1. The zero-order valence-electron chi connectivity index (χ0n) is 13.0. The van der Waals surface area contributed by atoms with Crippen molar-refractivity contribution in [3.05, 3.63) is 36.2 Å². The average Bonchev–Trinajstić information content (AvgIpc) is 2.93. The van der Waals surface area contributed by atoms with Gasteiger partial charge in [0.25, 0.3) is 0 Å². The highest BCUT2D eigenvalue weighted by molar-refractivity contribution is 7.90. The first-order chi connectivity index (χ1) is 11.1. The Morgan fingerprint density at radius 2 is 2.09 bits per heavy atom. The summed E-state index contributed by atoms with van der Waals surface area (Å²) in [5, 5.41) is 0.972. The fraction of sp³-hybridized carbons (Fsp3) is 0.471. The molecule has 0 aliphatic heterocycles. The number of nitrogens with zero attached hydrogens (tertiary/aromatic N) is 1. The van der Waals surface area contributed by atoms with Crippen molar-refractivity contribution in [2.75, 3.05) is 0 Å². The summed E-state index contributed by atoms with van der Waals surface area (Å²) in [5.74, 6) is 0. The minimum Gasteiger partial charge on any atom is -0.346 e. The largest absolute Gasteiger partial charge is 0.346 e. The summed E-state index contributed by atoms with van der Waals surface area (Å²) in [4.78, 5) is 7.46. The van der Waals surface area contributed by atoms with Crippen LogP contribution in [0.1, 0.15) is 44.1 Å². The molecule has 2 aliphatic carbocycles. The van der Waals surface area contributed by atoms with Gasteiger partial charge in [-0.1, -0.05) is 12.5 Å². The molecule has 2 aliphatic rings. The van der Waals surface area contributed by atoms with Crippen LogP contribution in [0.25, 0.3) is 16.6 Å². The van der Waals surface area contributed by atoms with Crippen molar-refractivity contribution in [2.24, 2.45) is 0 Å². The lowest BCUT2D eigenvalue weighted by atomic mass is 9.90. The topological polar surface area (TPSA) is 74.8 Å². The summed E-state index contributed by atoms with van der Waals surface area (Å²) < 4.78 is 27.4. The van der Waals surface area contributed by atoms with E-state index in [1.54, 1.807) is 0 Å². The van der Waals surface area contributed by atoms with Crippen LogP contribution < -0.4 is 4.72 Å². The predicted molar refractivity (Wildman–Crippen MR) is 91.4 cm³/mol. The van der Waals surface area contributed by atoms with Crippen LogP contribution in [0.4, 0.5) is 0 Å². The lowest BCUT2D eigenvalue weighted by Crippen LogP contribution is -2.44. The van der Waals surface area contributed by atoms with Crippen molar-refractivity contribution >= 4 is 26.6 Å². The van der Waals surface area contributed by atoms with Gasteiger partial charge in [0, 0.05) is 23.8 Å². The van der Waals surface area contributed by atoms with E-state index in [0.717, 1.165) is 49.6 Å². The maximum absolute atomic E-state index is 12.2. The molecule has 0 aromatic carbocycles. The molecule has 1 unspecified atom stereocenters. The third kappa shape index (κ3) is 2.81. The molecule has 122 valence electrons. The van der Waals surface area contributed by atoms with Crippen molar-refractivity contribution in [2.45, 2.75) is 49.8 Å². The number of allylic oxidation sites excluding steroid dienone is 1. The van der Waals surface area contributed by atoms with Crippen LogP contribution in [0.2, 0.25) is 0 Å². The van der Waals surface area contributed by atoms with Crippen molar-refractivity contribution in [3.8, 4) is 0 Å². The Balaban J connectivity index is 1.50. The smallest absolute Gasteiger partial charge is 0.214 e. The summed E-state index contributed by atoms with van der Waals surface area (Å²) in [6.07, 6.45) is 11.1. The maximum Gasteiger partial charge on any atom is 0.214 e. The van der Waals surface area contributed by atoms with Gasteiger partial charge < -0.3 is 4.98 Å². The van der Waals surface area contributed by atoms with Crippen molar-refractivity contribution in [1.29, 1.82) is 0 Å². The van der Waals surface area contributed by atoms with Gasteiger partial charge in [0.15, 0.2) is 0 Å². The van der Waals surface area contributed by atoms with E-state index >= 15 is 0 Å². The van der Waals surface area contributed by atoms with Crippen molar-refractivity contribution < 1.29 is 8.42 Å². The summed E-state index contributed by atoms with van der Waals surface area (Å²) in [5.41, 5.74) is 3.39. The van der Waals surface area contributed by atoms with Crippen LogP contribution in [0.15, 0.2) is 30.6 Å². The van der Waals surface area contributed by atoms with Crippen LogP contribution in [0, 0.1) is 0 Å². The molecule has 0 spiro atoms. The van der Waals surface area contributed by atoms with Gasteiger partial charge in [0.05, 0.1) is 5.25 Å². The van der Waals surface area contributed by atoms with Gasteiger partial charge in [-0.25, -0.2) is 18.1 Å². The molecule has 0 bridgehead atoms. The molecule has 2 aromatic rings. The highest BCUT2D eigenvalue weighted by atomic mass is 32.2. The van der Waals surface area contributed by atoms with E-state index in [0.29, 0.717) is 0 Å². The monoisotopic (exact) mass is 331 g/mol. The standard InChI is InChI=1S/C17H21N3O2S/c21-23(22,14-2-1-3-14)20-13-6-4-12(5-7-13)15-8-10-18-17-16(15)9-11-19-17/h4,8-11,13-14,20H,1-3,5-7H2,(H,18,19). The summed E-state index contributed by atoms with van der Waals surface area (Å²) in [7, 11) is -3.13. The van der Waals surface area contributed by atoms with Gasteiger partial charge in [-0.05, 0) is 55.4 Å². The number of H-pyrrole nitrogens is 1. The number of fused-ring (bicyclic) bond motifs is 1. The molecule has 1 saturated carbocycles. The summed E-state index contributed by atoms with van der Waals surface area (Å²) in [6.45, 7) is 0. The van der Waals surface area contributed by atoms with E-state index in [1.165, 1.54) is 11.1 Å². The third-order valence-electron chi connectivity index (χ3n) is 5.04. The Hall–Kier alpha value is -1.66. The van der Waals surface area contributed by atoms with E-state index in [-0.39, 0.29) is 11.3 Å². The third-order valence-corrected chi connectivity index (χ3v) is 7.05. The Bertz CT molecular complexity index is 850. The predicted octanol–water partition coefficient (Wildman–Crippen LogP) is 2.97. The van der Waals surface area contributed by atoms with E-state index in [2.05, 4.69) is 20.8 Å². The molecular formula is C17H21N3O2S. The number of rotatable bonds is 4. The van der Waals surface area contributed by atoms with Gasteiger partial charge in [0.1, 0.15) is 5.65 Å². The highest BCUT2D eigenvalue weighted by Gasteiger charge is 2.33. The van der Waals surface area contributed by atoms with E-state index in [1.807, 2.05) is 24.5 Å². The normalized spacial score (nSPS) is 22.8. The molecule has 0 radical (unpaired) electrons. The lowest BCUT2D eigenvalue weighted by molar-refractivity contribution is 0.454. The fourth-order valence-corrected chi connectivity index (χ4v) is 5.26. The zero-order chi connectivity index (χ0) is 15.9. The molecule has 1 atom stereocenters. The van der Waals surface area contributed by atoms with Crippen LogP contribution >= 0.6 is 0 Å². The molecule has 6 heteroatoms. The SMILES string of the molecule is O=S(=O)(NC1CC=C(c2ccnc3[nH]ccc23)CC1)C1CCC1. The van der Waals surface area contributed by atoms with Crippen LogP contribution in [-0.2, 0) is 10.0 Å². The van der Waals surface area contributed by atoms with Crippen LogP contribution in [0.5, 0.6) is 0 Å². The summed E-state index contributed by atoms with van der Waals surface area (Å²) >= 11 is 0. The molecule has 0 saturated heterocycles. The second-order valence-electron chi connectivity index (χ2n) is 6.51.